The fourth-order valence-electron chi connectivity index (χ4n) is 3.12. The van der Waals surface area contributed by atoms with E-state index < -0.39 is 0 Å². The number of hydrogen-bond donors (Lipinski definition) is 0. The molecular weight excluding hydrogens is 335 g/mol. The maximum atomic E-state index is 13.3. The molecule has 1 fully saturated rings. The minimum Gasteiger partial charge on any atom is -0.422 e. The van der Waals surface area contributed by atoms with Gasteiger partial charge < -0.3 is 14.2 Å². The first-order valence-electron chi connectivity index (χ1n) is 8.60. The first-order chi connectivity index (χ1) is 12.6. The van der Waals surface area contributed by atoms with Crippen LogP contribution < -0.4 is 4.90 Å². The smallest absolute Gasteiger partial charge is 0.300 e. The average molecular weight is 354 g/mol. The fraction of sp³-hybridized carbons (Fsp3) is 0.316. The Morgan fingerprint density at radius 3 is 2.73 bits per heavy atom. The van der Waals surface area contributed by atoms with Gasteiger partial charge in [-0.25, -0.2) is 9.37 Å². The summed E-state index contributed by atoms with van der Waals surface area (Å²) >= 11 is 0. The highest BCUT2D eigenvalue weighted by Gasteiger charge is 2.24. The lowest BCUT2D eigenvalue weighted by atomic mass is 10.1. The van der Waals surface area contributed by atoms with Crippen molar-refractivity contribution in [2.45, 2.75) is 13.3 Å². The van der Waals surface area contributed by atoms with Gasteiger partial charge in [0.1, 0.15) is 5.82 Å². The highest BCUT2D eigenvalue weighted by Crippen LogP contribution is 2.22. The number of hydrogen-bond acceptors (Lipinski definition) is 5. The normalized spacial score (nSPS) is 14.8. The molecule has 3 heterocycles. The molecule has 0 bridgehead atoms. The van der Waals surface area contributed by atoms with E-state index >= 15 is 0 Å². The second kappa shape index (κ2) is 6.74. The molecule has 26 heavy (non-hydrogen) atoms. The van der Waals surface area contributed by atoms with Crippen LogP contribution in [0.5, 0.6) is 0 Å². The highest BCUT2D eigenvalue weighted by atomic mass is 19.1. The first kappa shape index (κ1) is 16.5. The molecule has 1 aromatic carbocycles. The zero-order chi connectivity index (χ0) is 18.1. The summed E-state index contributed by atoms with van der Waals surface area (Å²) in [6.45, 7) is 4.36. The SMILES string of the molecule is Cc1ccc2oc(N3CCN(C(=O)Cc4cccc(F)c4)CC3)nc2n1. The number of aryl methyl sites for hydroxylation is 1. The largest absolute Gasteiger partial charge is 0.422 e. The van der Waals surface area contributed by atoms with Gasteiger partial charge in [0.15, 0.2) is 5.58 Å². The molecule has 4 rings (SSSR count). The van der Waals surface area contributed by atoms with Crippen molar-refractivity contribution in [2.24, 2.45) is 0 Å². The molecule has 6 nitrogen and oxygen atoms in total. The Balaban J connectivity index is 1.39. The number of rotatable bonds is 3. The Bertz CT molecular complexity index is 948. The summed E-state index contributed by atoms with van der Waals surface area (Å²) in [6.07, 6.45) is 0.212. The molecule has 134 valence electrons. The quantitative estimate of drug-likeness (QED) is 0.723. The van der Waals surface area contributed by atoms with Gasteiger partial charge in [0, 0.05) is 31.9 Å². The summed E-state index contributed by atoms with van der Waals surface area (Å²) in [5.74, 6) is -0.315. The summed E-state index contributed by atoms with van der Waals surface area (Å²) < 4.78 is 19.0. The second-order valence-electron chi connectivity index (χ2n) is 6.45. The Morgan fingerprint density at radius 1 is 1.15 bits per heavy atom. The molecule has 0 unspecified atom stereocenters. The van der Waals surface area contributed by atoms with Crippen LogP contribution in [0.3, 0.4) is 0 Å². The Labute approximate surface area is 150 Å². The van der Waals surface area contributed by atoms with Crippen molar-refractivity contribution in [1.29, 1.82) is 0 Å². The second-order valence-corrected chi connectivity index (χ2v) is 6.45. The molecule has 0 radical (unpaired) electrons. The number of nitrogens with zero attached hydrogens (tertiary/aromatic N) is 4. The van der Waals surface area contributed by atoms with Crippen LogP contribution in [0.1, 0.15) is 11.3 Å². The highest BCUT2D eigenvalue weighted by molar-refractivity contribution is 5.79. The van der Waals surface area contributed by atoms with Crippen LogP contribution in [0, 0.1) is 12.7 Å². The van der Waals surface area contributed by atoms with Gasteiger partial charge in [-0.15, -0.1) is 0 Å². The summed E-state index contributed by atoms with van der Waals surface area (Å²) in [5, 5.41) is 0. The van der Waals surface area contributed by atoms with Gasteiger partial charge in [0.2, 0.25) is 11.6 Å². The van der Waals surface area contributed by atoms with Crippen molar-refractivity contribution in [3.8, 4) is 0 Å². The molecule has 0 aliphatic carbocycles. The lowest BCUT2D eigenvalue weighted by Crippen LogP contribution is -2.49. The predicted octanol–water partition coefficient (Wildman–Crippen LogP) is 2.56. The topological polar surface area (TPSA) is 62.5 Å². The molecule has 0 saturated carbocycles. The number of carbonyl (C=O) groups is 1. The molecule has 0 atom stereocenters. The lowest BCUT2D eigenvalue weighted by molar-refractivity contribution is -0.130. The number of aromatic nitrogens is 2. The van der Waals surface area contributed by atoms with Gasteiger partial charge in [0.25, 0.3) is 6.01 Å². The molecule has 1 aliphatic rings. The molecule has 0 N–H and O–H groups in total. The lowest BCUT2D eigenvalue weighted by Gasteiger charge is -2.33. The van der Waals surface area contributed by atoms with Crippen LogP contribution in [0.4, 0.5) is 10.4 Å². The maximum Gasteiger partial charge on any atom is 0.300 e. The van der Waals surface area contributed by atoms with E-state index in [2.05, 4.69) is 9.97 Å². The van der Waals surface area contributed by atoms with E-state index in [1.807, 2.05) is 24.0 Å². The van der Waals surface area contributed by atoms with Crippen LogP contribution in [-0.4, -0.2) is 47.0 Å². The molecule has 7 heteroatoms. The van der Waals surface area contributed by atoms with Crippen molar-refractivity contribution in [2.75, 3.05) is 31.1 Å². The van der Waals surface area contributed by atoms with Gasteiger partial charge >= 0.3 is 0 Å². The van der Waals surface area contributed by atoms with Gasteiger partial charge in [0.05, 0.1) is 6.42 Å². The van der Waals surface area contributed by atoms with Gasteiger partial charge in [-0.05, 0) is 36.8 Å². The van der Waals surface area contributed by atoms with E-state index in [1.54, 1.807) is 17.0 Å². The summed E-state index contributed by atoms with van der Waals surface area (Å²) in [6, 6.07) is 10.5. The van der Waals surface area contributed by atoms with E-state index in [-0.39, 0.29) is 18.1 Å². The number of pyridine rings is 1. The minimum absolute atomic E-state index is 0.00473. The Kier molecular flexibility index (Phi) is 4.28. The van der Waals surface area contributed by atoms with Crippen LogP contribution in [0.15, 0.2) is 40.8 Å². The third kappa shape index (κ3) is 3.37. The van der Waals surface area contributed by atoms with Crippen molar-refractivity contribution in [3.63, 3.8) is 0 Å². The predicted molar refractivity (Wildman–Crippen MR) is 95.4 cm³/mol. The van der Waals surface area contributed by atoms with E-state index in [0.717, 1.165) is 5.69 Å². The fourth-order valence-corrected chi connectivity index (χ4v) is 3.12. The van der Waals surface area contributed by atoms with E-state index in [4.69, 9.17) is 4.42 Å². The number of halogens is 1. The molecule has 1 aliphatic heterocycles. The van der Waals surface area contributed by atoms with Crippen molar-refractivity contribution in [3.05, 3.63) is 53.5 Å². The maximum absolute atomic E-state index is 13.3. The zero-order valence-electron chi connectivity index (χ0n) is 14.5. The average Bonchev–Trinajstić information content (AvgIpc) is 3.05. The number of carbonyl (C=O) groups excluding carboxylic acids is 1. The Hall–Kier alpha value is -2.96. The molecule has 3 aromatic rings. The van der Waals surface area contributed by atoms with E-state index in [9.17, 15) is 9.18 Å². The van der Waals surface area contributed by atoms with Gasteiger partial charge in [-0.2, -0.15) is 4.98 Å². The van der Waals surface area contributed by atoms with Gasteiger partial charge in [-0.3, -0.25) is 4.79 Å². The third-order valence-corrected chi connectivity index (χ3v) is 4.53. The molecule has 1 saturated heterocycles. The summed E-state index contributed by atoms with van der Waals surface area (Å²) in [7, 11) is 0. The first-order valence-corrected chi connectivity index (χ1v) is 8.60. The third-order valence-electron chi connectivity index (χ3n) is 4.53. The van der Waals surface area contributed by atoms with Crippen LogP contribution in [0.2, 0.25) is 0 Å². The van der Waals surface area contributed by atoms with Crippen LogP contribution in [-0.2, 0) is 11.2 Å². The van der Waals surface area contributed by atoms with Crippen molar-refractivity contribution in [1.82, 2.24) is 14.9 Å². The van der Waals surface area contributed by atoms with Crippen LogP contribution in [0.25, 0.3) is 11.2 Å². The van der Waals surface area contributed by atoms with Crippen molar-refractivity contribution >= 4 is 23.2 Å². The summed E-state index contributed by atoms with van der Waals surface area (Å²) in [4.78, 5) is 25.1. The standard InChI is InChI=1S/C19H19FN4O2/c1-13-5-6-16-18(21-13)22-19(26-16)24-9-7-23(8-10-24)17(25)12-14-3-2-4-15(20)11-14/h2-6,11H,7-10,12H2,1H3. The number of amides is 1. The van der Waals surface area contributed by atoms with Gasteiger partial charge in [-0.1, -0.05) is 12.1 Å². The number of benzene rings is 1. The zero-order valence-corrected chi connectivity index (χ0v) is 14.5. The molecule has 1 amide bonds. The Morgan fingerprint density at radius 2 is 1.96 bits per heavy atom. The van der Waals surface area contributed by atoms with Crippen molar-refractivity contribution < 1.29 is 13.6 Å². The van der Waals surface area contributed by atoms with E-state index in [1.165, 1.54) is 12.1 Å². The summed E-state index contributed by atoms with van der Waals surface area (Å²) in [5.41, 5.74) is 2.85. The number of oxazole rings is 1. The number of piperazine rings is 1. The molecular formula is C19H19FN4O2. The molecule has 2 aromatic heterocycles. The van der Waals surface area contributed by atoms with E-state index in [0.29, 0.717) is 49.0 Å². The number of fused-ring (bicyclic) bond motifs is 1. The minimum atomic E-state index is -0.320. The van der Waals surface area contributed by atoms with Crippen LogP contribution >= 0.6 is 0 Å². The molecule has 0 spiro atoms. The number of anilines is 1. The monoisotopic (exact) mass is 354 g/mol.